The van der Waals surface area contributed by atoms with Crippen LogP contribution in [-0.2, 0) is 14.9 Å². The molecule has 32 heavy (non-hydrogen) atoms. The van der Waals surface area contributed by atoms with Crippen LogP contribution in [0.3, 0.4) is 0 Å². The second kappa shape index (κ2) is 7.59. The highest BCUT2D eigenvalue weighted by Crippen LogP contribution is 2.40. The van der Waals surface area contributed by atoms with Crippen LogP contribution in [0, 0.1) is 0 Å². The van der Waals surface area contributed by atoms with E-state index in [1.165, 1.54) is 19.1 Å². The van der Waals surface area contributed by atoms with Gasteiger partial charge in [-0.25, -0.2) is 8.42 Å². The Balaban J connectivity index is 1.90. The summed E-state index contributed by atoms with van der Waals surface area (Å²) in [5.41, 5.74) is 6.00. The summed E-state index contributed by atoms with van der Waals surface area (Å²) in [4.78, 5) is 36.7. The number of hydrogen-bond acceptors (Lipinski definition) is 8. The van der Waals surface area contributed by atoms with E-state index in [-0.39, 0.29) is 33.8 Å². The van der Waals surface area contributed by atoms with Crippen LogP contribution in [0.4, 0.5) is 22.7 Å². The average molecular weight is 450 g/mol. The smallest absolute Gasteiger partial charge is 0.221 e. The van der Waals surface area contributed by atoms with Crippen LogP contribution in [0.15, 0.2) is 59.5 Å². The molecule has 10 heteroatoms. The third kappa shape index (κ3) is 3.61. The summed E-state index contributed by atoms with van der Waals surface area (Å²) in [6, 6.07) is 13.4. The lowest BCUT2D eigenvalue weighted by atomic mass is 9.82. The van der Waals surface area contributed by atoms with E-state index in [2.05, 4.69) is 10.6 Å². The van der Waals surface area contributed by atoms with Crippen molar-refractivity contribution >= 4 is 50.3 Å². The van der Waals surface area contributed by atoms with E-state index in [1.54, 1.807) is 36.4 Å². The number of rotatable bonds is 4. The number of ketones is 2. The van der Waals surface area contributed by atoms with Crippen LogP contribution in [0.2, 0.25) is 0 Å². The Morgan fingerprint density at radius 3 is 1.97 bits per heavy atom. The molecule has 0 saturated heterocycles. The van der Waals surface area contributed by atoms with Crippen molar-refractivity contribution in [2.75, 3.05) is 16.4 Å². The standard InChI is InChI=1S/C22H17N3O6S/c1-11(26)24-12-6-8-13(9-7-12)25-16-10-17(32(29,30)31)20(23)19-18(16)21(27)14-4-2-3-5-15(14)22(19)28/h2-10,25H,23H2,1H3,(H,24,26)(H,29,30,31)/p-1. The van der Waals surface area contributed by atoms with Crippen molar-refractivity contribution in [3.05, 3.63) is 76.9 Å². The van der Waals surface area contributed by atoms with Gasteiger partial charge in [0.2, 0.25) is 5.91 Å². The third-order valence-electron chi connectivity index (χ3n) is 4.95. The van der Waals surface area contributed by atoms with Crippen molar-refractivity contribution in [1.29, 1.82) is 0 Å². The molecule has 0 aliphatic heterocycles. The summed E-state index contributed by atoms with van der Waals surface area (Å²) < 4.78 is 35.5. The van der Waals surface area contributed by atoms with E-state index >= 15 is 0 Å². The van der Waals surface area contributed by atoms with Gasteiger partial charge < -0.3 is 20.9 Å². The lowest BCUT2D eigenvalue weighted by Crippen LogP contribution is -2.25. The number of nitrogen functional groups attached to an aromatic ring is 1. The van der Waals surface area contributed by atoms with Crippen molar-refractivity contribution in [2.24, 2.45) is 0 Å². The molecular formula is C22H16N3O6S-. The van der Waals surface area contributed by atoms with E-state index in [1.807, 2.05) is 0 Å². The highest BCUT2D eigenvalue weighted by molar-refractivity contribution is 7.86. The summed E-state index contributed by atoms with van der Waals surface area (Å²) >= 11 is 0. The van der Waals surface area contributed by atoms with Crippen LogP contribution in [0.25, 0.3) is 0 Å². The molecule has 162 valence electrons. The zero-order chi connectivity index (χ0) is 23.2. The molecular weight excluding hydrogens is 434 g/mol. The number of benzene rings is 3. The molecule has 0 fully saturated rings. The minimum absolute atomic E-state index is 0.0521. The van der Waals surface area contributed by atoms with E-state index in [0.717, 1.165) is 6.07 Å². The quantitative estimate of drug-likeness (QED) is 0.316. The Morgan fingerprint density at radius 2 is 1.44 bits per heavy atom. The SMILES string of the molecule is CC(=O)Nc1ccc(Nc2cc(S(=O)(=O)[O-])c(N)c3c2C(=O)c2ccccc2C3=O)cc1. The molecule has 0 aromatic heterocycles. The van der Waals surface area contributed by atoms with Crippen LogP contribution in [0.1, 0.15) is 38.8 Å². The molecule has 0 bridgehead atoms. The van der Waals surface area contributed by atoms with E-state index in [4.69, 9.17) is 5.73 Å². The van der Waals surface area contributed by atoms with Crippen molar-refractivity contribution in [3.8, 4) is 0 Å². The topological polar surface area (TPSA) is 158 Å². The van der Waals surface area contributed by atoms with Gasteiger partial charge in [-0.2, -0.15) is 0 Å². The molecule has 4 rings (SSSR count). The fourth-order valence-corrected chi connectivity index (χ4v) is 4.23. The number of nitrogens with one attached hydrogen (secondary N) is 2. The third-order valence-corrected chi connectivity index (χ3v) is 5.83. The number of carbonyl (C=O) groups is 3. The molecule has 0 radical (unpaired) electrons. The molecule has 0 heterocycles. The van der Waals surface area contributed by atoms with Crippen LogP contribution in [-0.4, -0.2) is 30.4 Å². The van der Waals surface area contributed by atoms with E-state index < -0.39 is 32.3 Å². The summed E-state index contributed by atoms with van der Waals surface area (Å²) in [6.45, 7) is 1.36. The Bertz CT molecular complexity index is 1410. The maximum atomic E-state index is 13.2. The first-order chi connectivity index (χ1) is 15.1. The number of hydrogen-bond donors (Lipinski definition) is 3. The zero-order valence-corrected chi connectivity index (χ0v) is 17.4. The lowest BCUT2D eigenvalue weighted by Gasteiger charge is -2.25. The normalized spacial score (nSPS) is 12.7. The maximum Gasteiger partial charge on any atom is 0.221 e. The molecule has 0 spiro atoms. The number of amides is 1. The first-order valence-electron chi connectivity index (χ1n) is 9.33. The lowest BCUT2D eigenvalue weighted by molar-refractivity contribution is -0.114. The Kier molecular flexibility index (Phi) is 5.03. The average Bonchev–Trinajstić information content (AvgIpc) is 2.73. The van der Waals surface area contributed by atoms with Crippen molar-refractivity contribution in [2.45, 2.75) is 11.8 Å². The Hall–Kier alpha value is -4.02. The van der Waals surface area contributed by atoms with Gasteiger partial charge in [0.15, 0.2) is 11.6 Å². The highest BCUT2D eigenvalue weighted by atomic mass is 32.2. The minimum Gasteiger partial charge on any atom is -0.744 e. The van der Waals surface area contributed by atoms with Gasteiger partial charge in [0.1, 0.15) is 10.1 Å². The molecule has 0 saturated carbocycles. The largest absolute Gasteiger partial charge is 0.744 e. The minimum atomic E-state index is -5.05. The number of fused-ring (bicyclic) bond motifs is 2. The monoisotopic (exact) mass is 450 g/mol. The Morgan fingerprint density at radius 1 is 0.906 bits per heavy atom. The van der Waals surface area contributed by atoms with Gasteiger partial charge in [-0.1, -0.05) is 24.3 Å². The van der Waals surface area contributed by atoms with Crippen molar-refractivity contribution in [1.82, 2.24) is 0 Å². The van der Waals surface area contributed by atoms with Gasteiger partial charge >= 0.3 is 0 Å². The summed E-state index contributed by atoms with van der Waals surface area (Å²) in [5.74, 6) is -1.44. The summed E-state index contributed by atoms with van der Waals surface area (Å²) in [5, 5.41) is 5.49. The maximum absolute atomic E-state index is 13.2. The second-order valence-electron chi connectivity index (χ2n) is 7.13. The van der Waals surface area contributed by atoms with E-state index in [0.29, 0.717) is 11.4 Å². The predicted octanol–water partition coefficient (Wildman–Crippen LogP) is 2.65. The summed E-state index contributed by atoms with van der Waals surface area (Å²) in [6.07, 6.45) is 0. The molecule has 4 N–H and O–H groups in total. The van der Waals surface area contributed by atoms with Gasteiger partial charge in [-0.3, -0.25) is 14.4 Å². The first kappa shape index (κ1) is 21.2. The van der Waals surface area contributed by atoms with Crippen LogP contribution >= 0.6 is 0 Å². The molecule has 0 atom stereocenters. The van der Waals surface area contributed by atoms with Gasteiger partial charge in [-0.05, 0) is 30.3 Å². The van der Waals surface area contributed by atoms with E-state index in [9.17, 15) is 27.4 Å². The predicted molar refractivity (Wildman–Crippen MR) is 116 cm³/mol. The molecule has 1 aliphatic rings. The van der Waals surface area contributed by atoms with Gasteiger partial charge in [-0.15, -0.1) is 0 Å². The fraction of sp³-hybridized carbons (Fsp3) is 0.0455. The first-order valence-corrected chi connectivity index (χ1v) is 10.7. The summed E-state index contributed by atoms with van der Waals surface area (Å²) in [7, 11) is -5.05. The number of carbonyl (C=O) groups excluding carboxylic acids is 3. The zero-order valence-electron chi connectivity index (χ0n) is 16.6. The van der Waals surface area contributed by atoms with Crippen molar-refractivity contribution < 1.29 is 27.4 Å². The highest BCUT2D eigenvalue weighted by Gasteiger charge is 2.35. The van der Waals surface area contributed by atoms with Crippen LogP contribution < -0.4 is 16.4 Å². The molecule has 3 aromatic carbocycles. The second-order valence-corrected chi connectivity index (χ2v) is 8.48. The molecule has 3 aromatic rings. The number of nitrogens with two attached hydrogens (primary N) is 1. The fourth-order valence-electron chi connectivity index (χ4n) is 3.59. The molecule has 9 nitrogen and oxygen atoms in total. The van der Waals surface area contributed by atoms with Gasteiger partial charge in [0.05, 0.1) is 27.4 Å². The van der Waals surface area contributed by atoms with Crippen molar-refractivity contribution in [3.63, 3.8) is 0 Å². The molecule has 1 amide bonds. The number of anilines is 4. The molecule has 1 aliphatic carbocycles. The van der Waals surface area contributed by atoms with Gasteiger partial charge in [0.25, 0.3) is 0 Å². The molecule has 0 unspecified atom stereocenters. The van der Waals surface area contributed by atoms with Crippen LogP contribution in [0.5, 0.6) is 0 Å². The van der Waals surface area contributed by atoms with Gasteiger partial charge in [0, 0.05) is 29.4 Å². The Labute approximate surface area is 183 Å².